The van der Waals surface area contributed by atoms with Gasteiger partial charge in [-0.05, 0) is 30.6 Å². The van der Waals surface area contributed by atoms with Crippen LogP contribution in [0.25, 0.3) is 6.08 Å². The van der Waals surface area contributed by atoms with Gasteiger partial charge in [0.25, 0.3) is 0 Å². The quantitative estimate of drug-likeness (QED) is 0.134. The molecule has 0 unspecified atom stereocenters. The second kappa shape index (κ2) is 10.4. The first-order valence-electron chi connectivity index (χ1n) is 16.2. The van der Waals surface area contributed by atoms with E-state index in [4.69, 9.17) is 23.7 Å². The molecule has 0 spiro atoms. The van der Waals surface area contributed by atoms with Gasteiger partial charge in [-0.25, -0.2) is 4.79 Å². The lowest BCUT2D eigenvalue weighted by Crippen LogP contribution is -2.76. The Labute approximate surface area is 277 Å². The fourth-order valence-corrected chi connectivity index (χ4v) is 9.34. The van der Waals surface area contributed by atoms with E-state index in [-0.39, 0.29) is 5.57 Å². The summed E-state index contributed by atoms with van der Waals surface area (Å²) < 4.78 is 33.4. The number of carbonyl (C=O) groups excluding carboxylic acids is 2. The minimum atomic E-state index is -2.43. The third-order valence-corrected chi connectivity index (χ3v) is 11.5. The minimum Gasteiger partial charge on any atom is -0.455 e. The first-order chi connectivity index (χ1) is 22.9. The van der Waals surface area contributed by atoms with Crippen LogP contribution in [-0.2, 0) is 39.2 Å². The molecular weight excluding hydrogens is 616 g/mol. The molecule has 8 rings (SSSR count). The molecule has 0 amide bonds. The lowest BCUT2D eigenvalue weighted by molar-refractivity contribution is -0.440. The van der Waals surface area contributed by atoms with Crippen LogP contribution in [0.2, 0.25) is 0 Å². The Balaban J connectivity index is 1.29. The number of ether oxygens (including phenoxy) is 5. The molecule has 3 heterocycles. The Morgan fingerprint density at radius 1 is 1.02 bits per heavy atom. The Bertz CT molecular complexity index is 1790. The van der Waals surface area contributed by atoms with Gasteiger partial charge in [-0.1, -0.05) is 98.5 Å². The molecule has 48 heavy (non-hydrogen) atoms. The fourth-order valence-electron chi connectivity index (χ4n) is 9.34. The van der Waals surface area contributed by atoms with Crippen molar-refractivity contribution in [1.29, 1.82) is 0 Å². The highest BCUT2D eigenvalue weighted by Crippen LogP contribution is 2.74. The summed E-state index contributed by atoms with van der Waals surface area (Å²) in [5.74, 6) is -5.98. The van der Waals surface area contributed by atoms with Gasteiger partial charge in [-0.15, -0.1) is 0 Å². The molecule has 12 atom stereocenters. The summed E-state index contributed by atoms with van der Waals surface area (Å²) in [7, 11) is 0. The van der Waals surface area contributed by atoms with Gasteiger partial charge < -0.3 is 39.0 Å². The topological polar surface area (TPSA) is 144 Å². The first-order valence-corrected chi connectivity index (χ1v) is 16.2. The van der Waals surface area contributed by atoms with Crippen LogP contribution in [0.3, 0.4) is 0 Å². The zero-order valence-corrected chi connectivity index (χ0v) is 26.8. The second-order valence-corrected chi connectivity index (χ2v) is 13.9. The highest BCUT2D eigenvalue weighted by atomic mass is 16.9. The molecule has 3 N–H and O–H groups in total. The lowest BCUT2D eigenvalue weighted by Gasteiger charge is -2.61. The van der Waals surface area contributed by atoms with Gasteiger partial charge in [-0.3, -0.25) is 4.79 Å². The van der Waals surface area contributed by atoms with E-state index >= 15 is 0 Å². The number of rotatable bonds is 7. The summed E-state index contributed by atoms with van der Waals surface area (Å²) in [5, 5.41) is 34.9. The van der Waals surface area contributed by atoms with Crippen LogP contribution in [0.1, 0.15) is 31.9 Å². The smallest absolute Gasteiger partial charge is 0.331 e. The molecule has 3 aliphatic heterocycles. The van der Waals surface area contributed by atoms with Crippen LogP contribution in [0.4, 0.5) is 0 Å². The molecule has 10 heteroatoms. The molecule has 0 aromatic heterocycles. The Hall–Kier alpha value is -3.74. The predicted molar refractivity (Wildman–Crippen MR) is 170 cm³/mol. The van der Waals surface area contributed by atoms with Crippen LogP contribution in [0.5, 0.6) is 0 Å². The molecule has 5 fully saturated rings. The van der Waals surface area contributed by atoms with Crippen molar-refractivity contribution >= 4 is 17.8 Å². The van der Waals surface area contributed by atoms with E-state index in [2.05, 4.69) is 6.58 Å². The van der Waals surface area contributed by atoms with Crippen LogP contribution in [-0.4, -0.2) is 80.5 Å². The average Bonchev–Trinajstić information content (AvgIpc) is 3.71. The number of aliphatic hydroxyl groups excluding tert-OH is 2. The Morgan fingerprint density at radius 3 is 2.38 bits per heavy atom. The van der Waals surface area contributed by atoms with Gasteiger partial charge in [0.1, 0.15) is 30.0 Å². The highest BCUT2D eigenvalue weighted by molar-refractivity contribution is 6.05. The summed E-state index contributed by atoms with van der Waals surface area (Å²) in [6.45, 7) is 8.79. The number of benzene rings is 2. The van der Waals surface area contributed by atoms with Crippen molar-refractivity contribution in [3.8, 4) is 0 Å². The highest BCUT2D eigenvalue weighted by Gasteiger charge is 2.90. The van der Waals surface area contributed by atoms with Crippen LogP contribution in [0.15, 0.2) is 103 Å². The monoisotopic (exact) mass is 654 g/mol. The summed E-state index contributed by atoms with van der Waals surface area (Å²) in [6.07, 6.45) is 3.34. The summed E-state index contributed by atoms with van der Waals surface area (Å²) in [4.78, 5) is 27.5. The molecule has 3 aliphatic carbocycles. The van der Waals surface area contributed by atoms with Crippen LogP contribution in [0, 0.1) is 17.8 Å². The number of ketones is 1. The SMILES string of the molecule is C=C(C)[C@@]12O[C@@]3(c4ccccc4)O[C@@H]1[C@@H]1[C@@H]4O[C@]4(CO)[C@@H](O)[C@]4(O)C(=O)C(C)=C[C@H]4[C@@]1(O3)[C@H](C)[C@H]2OC(=O)C=CC=Cc1ccccc1. The molecule has 0 radical (unpaired) electrons. The van der Waals surface area contributed by atoms with E-state index in [1.165, 1.54) is 6.08 Å². The van der Waals surface area contributed by atoms with E-state index in [9.17, 15) is 24.9 Å². The number of esters is 1. The van der Waals surface area contributed by atoms with Gasteiger partial charge in [0, 0.05) is 29.4 Å². The number of fused-ring (bicyclic) bond motifs is 3. The standard InChI is InChI=1S/C38H38O10/c1-21(2)36-30(44-27(40)18-12-11-15-24-13-7-5-8-14-24)23(4)37-26-19-22(3)29(41)35(26,43)33(42)34(20-39)31(45-34)28(37)32(36)46-38(47-36,48-37)25-16-9-6-10-17-25/h5-19,23,26,28,30-33,39,42-43H,1,20H2,2-4H3/t23-,26-,28+,30-,31+,32-,33-,34+,35-,36+,37+,38-/m1/s1. The summed E-state index contributed by atoms with van der Waals surface area (Å²) in [6, 6.07) is 18.6. The molecule has 10 nitrogen and oxygen atoms in total. The van der Waals surface area contributed by atoms with Gasteiger partial charge in [0.05, 0.1) is 12.2 Å². The van der Waals surface area contributed by atoms with E-state index in [1.807, 2.05) is 49.4 Å². The molecule has 2 aromatic rings. The molecule has 6 aliphatic rings. The van der Waals surface area contributed by atoms with Crippen LogP contribution >= 0.6 is 0 Å². The summed E-state index contributed by atoms with van der Waals surface area (Å²) >= 11 is 0. The number of hydrogen-bond acceptors (Lipinski definition) is 10. The second-order valence-electron chi connectivity index (χ2n) is 13.9. The van der Waals surface area contributed by atoms with Crippen molar-refractivity contribution in [3.05, 3.63) is 114 Å². The predicted octanol–water partition coefficient (Wildman–Crippen LogP) is 3.12. The lowest BCUT2D eigenvalue weighted by atomic mass is 9.53. The van der Waals surface area contributed by atoms with E-state index < -0.39 is 88.9 Å². The Kier molecular flexibility index (Phi) is 6.82. The third kappa shape index (κ3) is 3.76. The number of hydrogen-bond donors (Lipinski definition) is 3. The number of allylic oxidation sites excluding steroid dienone is 2. The van der Waals surface area contributed by atoms with Crippen molar-refractivity contribution in [2.75, 3.05) is 6.61 Å². The Morgan fingerprint density at radius 2 is 1.71 bits per heavy atom. The van der Waals surface area contributed by atoms with E-state index in [0.717, 1.165) is 5.56 Å². The van der Waals surface area contributed by atoms with Crippen molar-refractivity contribution in [1.82, 2.24) is 0 Å². The van der Waals surface area contributed by atoms with Crippen molar-refractivity contribution in [3.63, 3.8) is 0 Å². The van der Waals surface area contributed by atoms with Gasteiger partial charge >= 0.3 is 11.9 Å². The number of carbonyl (C=O) groups is 2. The largest absolute Gasteiger partial charge is 0.455 e. The first kappa shape index (κ1) is 31.5. The average molecular weight is 655 g/mol. The molecule has 2 aromatic carbocycles. The maximum Gasteiger partial charge on any atom is 0.331 e. The fraction of sp³-hybridized carbons (Fsp3) is 0.421. The van der Waals surface area contributed by atoms with Crippen molar-refractivity contribution < 1.29 is 48.6 Å². The molecule has 250 valence electrons. The van der Waals surface area contributed by atoms with E-state index in [0.29, 0.717) is 11.1 Å². The zero-order valence-electron chi connectivity index (χ0n) is 26.8. The van der Waals surface area contributed by atoms with E-state index in [1.54, 1.807) is 56.3 Å². The van der Waals surface area contributed by atoms with Gasteiger partial charge in [0.15, 0.2) is 17.0 Å². The molecule has 3 bridgehead atoms. The maximum atomic E-state index is 13.9. The third-order valence-electron chi connectivity index (χ3n) is 11.5. The molecular formula is C38H38O10. The van der Waals surface area contributed by atoms with Gasteiger partial charge in [0.2, 0.25) is 0 Å². The van der Waals surface area contributed by atoms with Crippen molar-refractivity contribution in [2.24, 2.45) is 17.8 Å². The van der Waals surface area contributed by atoms with Crippen molar-refractivity contribution in [2.45, 2.75) is 73.6 Å². The molecule has 3 saturated heterocycles. The number of epoxide rings is 1. The number of Topliss-reactive ketones (excluding diaryl/α,β-unsaturated/α-hetero) is 1. The number of aliphatic hydroxyl groups is 3. The normalized spacial score (nSPS) is 45.0. The minimum absolute atomic E-state index is 0.226. The van der Waals surface area contributed by atoms with Gasteiger partial charge in [-0.2, -0.15) is 0 Å². The zero-order chi connectivity index (χ0) is 33.9. The van der Waals surface area contributed by atoms with Crippen LogP contribution < -0.4 is 0 Å². The maximum absolute atomic E-state index is 13.9. The summed E-state index contributed by atoms with van der Waals surface area (Å²) in [5.41, 5.74) is -4.99. The molecule has 2 saturated carbocycles.